The molecule has 4 aromatic carbocycles. The van der Waals surface area contributed by atoms with Gasteiger partial charge in [0, 0.05) is 15.8 Å². The average Bonchev–Trinajstić information content (AvgIpc) is 2.78. The summed E-state index contributed by atoms with van der Waals surface area (Å²) in [6.45, 7) is 5.61. The van der Waals surface area contributed by atoms with Crippen LogP contribution in [0.15, 0.2) is 77.7 Å². The van der Waals surface area contributed by atoms with Crippen molar-refractivity contribution < 1.29 is 17.9 Å². The maximum absolute atomic E-state index is 13.2. The Labute approximate surface area is 198 Å². The third-order valence-electron chi connectivity index (χ3n) is 5.49. The Hall–Kier alpha value is -3.35. The van der Waals surface area contributed by atoms with E-state index in [1.807, 2.05) is 19.9 Å². The first-order chi connectivity index (χ1) is 15.7. The molecule has 1 N–H and O–H groups in total. The molecule has 0 aliphatic rings. The normalized spacial score (nSPS) is 11.4. The van der Waals surface area contributed by atoms with Crippen molar-refractivity contribution >= 4 is 44.1 Å². The molecular weight excluding hydrogens is 458 g/mol. The number of halogens is 1. The van der Waals surface area contributed by atoms with Gasteiger partial charge in [-0.15, -0.1) is 0 Å². The van der Waals surface area contributed by atoms with E-state index >= 15 is 0 Å². The fourth-order valence-electron chi connectivity index (χ4n) is 3.62. The van der Waals surface area contributed by atoms with Gasteiger partial charge in [-0.2, -0.15) is 0 Å². The topological polar surface area (TPSA) is 72.5 Å². The molecular formula is C26H22ClNO4S. The number of ether oxygens (including phenoxy) is 1. The van der Waals surface area contributed by atoms with Crippen molar-refractivity contribution in [1.29, 1.82) is 0 Å². The summed E-state index contributed by atoms with van der Waals surface area (Å²) < 4.78 is 34.7. The van der Waals surface area contributed by atoms with E-state index in [9.17, 15) is 13.2 Å². The molecule has 33 heavy (non-hydrogen) atoms. The molecule has 0 unspecified atom stereocenters. The number of nitrogens with one attached hydrogen (secondary N) is 1. The second-order valence-corrected chi connectivity index (χ2v) is 9.95. The van der Waals surface area contributed by atoms with Crippen LogP contribution in [0.2, 0.25) is 5.02 Å². The zero-order valence-corrected chi connectivity index (χ0v) is 19.9. The summed E-state index contributed by atoms with van der Waals surface area (Å²) in [5.41, 5.74) is 3.36. The highest BCUT2D eigenvalue weighted by Crippen LogP contribution is 2.34. The van der Waals surface area contributed by atoms with Crippen LogP contribution in [0.3, 0.4) is 0 Å². The number of hydrogen-bond donors (Lipinski definition) is 1. The summed E-state index contributed by atoms with van der Waals surface area (Å²) in [6.07, 6.45) is 0. The molecule has 4 rings (SSSR count). The lowest BCUT2D eigenvalue weighted by Gasteiger charge is -2.15. The standard InChI is InChI=1S/C26H22ClNO4S/c1-16-14-18(3)25(15-17(16)2)33(30,31)28-23-12-13-24(22-7-5-4-6-21(22)23)32-26(29)19-8-10-20(27)11-9-19/h4-15,28H,1-3H3. The van der Waals surface area contributed by atoms with Gasteiger partial charge in [-0.05, 0) is 79.9 Å². The maximum Gasteiger partial charge on any atom is 0.343 e. The van der Waals surface area contributed by atoms with Crippen molar-refractivity contribution in [2.24, 2.45) is 0 Å². The van der Waals surface area contributed by atoms with Crippen molar-refractivity contribution in [2.45, 2.75) is 25.7 Å². The van der Waals surface area contributed by atoms with E-state index in [-0.39, 0.29) is 4.90 Å². The first-order valence-electron chi connectivity index (χ1n) is 10.3. The zero-order valence-electron chi connectivity index (χ0n) is 18.3. The highest BCUT2D eigenvalue weighted by molar-refractivity contribution is 7.92. The second kappa shape index (κ2) is 8.89. The predicted molar refractivity (Wildman–Crippen MR) is 132 cm³/mol. The van der Waals surface area contributed by atoms with Gasteiger partial charge in [-0.25, -0.2) is 13.2 Å². The summed E-state index contributed by atoms with van der Waals surface area (Å²) in [7, 11) is -3.83. The minimum absolute atomic E-state index is 0.230. The van der Waals surface area contributed by atoms with Crippen molar-refractivity contribution in [2.75, 3.05) is 4.72 Å². The lowest BCUT2D eigenvalue weighted by molar-refractivity contribution is 0.0737. The molecule has 0 fully saturated rings. The van der Waals surface area contributed by atoms with Crippen LogP contribution in [0.25, 0.3) is 10.8 Å². The Kier molecular flexibility index (Phi) is 6.15. The Morgan fingerprint density at radius 1 is 0.818 bits per heavy atom. The monoisotopic (exact) mass is 479 g/mol. The summed E-state index contributed by atoms with van der Waals surface area (Å²) in [6, 6.07) is 20.3. The van der Waals surface area contributed by atoms with Crippen LogP contribution in [-0.4, -0.2) is 14.4 Å². The minimum Gasteiger partial charge on any atom is -0.422 e. The third-order valence-corrected chi connectivity index (χ3v) is 7.25. The summed E-state index contributed by atoms with van der Waals surface area (Å²) in [5, 5.41) is 1.74. The lowest BCUT2D eigenvalue weighted by atomic mass is 10.1. The number of aryl methyl sites for hydroxylation is 3. The Morgan fingerprint density at radius 3 is 2.15 bits per heavy atom. The second-order valence-electron chi connectivity index (χ2n) is 7.86. The molecule has 0 saturated carbocycles. The number of fused-ring (bicyclic) bond motifs is 1. The van der Waals surface area contributed by atoms with Crippen LogP contribution in [-0.2, 0) is 10.0 Å². The lowest BCUT2D eigenvalue weighted by Crippen LogP contribution is -2.15. The summed E-state index contributed by atoms with van der Waals surface area (Å²) >= 11 is 5.89. The van der Waals surface area contributed by atoms with Gasteiger partial charge in [0.05, 0.1) is 16.1 Å². The molecule has 168 valence electrons. The van der Waals surface area contributed by atoms with Crippen LogP contribution >= 0.6 is 11.6 Å². The van der Waals surface area contributed by atoms with E-state index < -0.39 is 16.0 Å². The number of anilines is 1. The van der Waals surface area contributed by atoms with Crippen LogP contribution in [0.1, 0.15) is 27.0 Å². The first kappa shape index (κ1) is 22.8. The van der Waals surface area contributed by atoms with Crippen LogP contribution in [0, 0.1) is 20.8 Å². The molecule has 0 aliphatic carbocycles. The zero-order chi connectivity index (χ0) is 23.8. The molecule has 0 bridgehead atoms. The average molecular weight is 480 g/mol. The number of carbonyl (C=O) groups excluding carboxylic acids is 1. The van der Waals surface area contributed by atoms with Crippen molar-refractivity contribution in [3.63, 3.8) is 0 Å². The number of rotatable bonds is 5. The fraction of sp³-hybridized carbons (Fsp3) is 0.115. The van der Waals surface area contributed by atoms with Gasteiger partial charge in [0.15, 0.2) is 0 Å². The Bertz CT molecular complexity index is 1480. The van der Waals surface area contributed by atoms with Crippen LogP contribution in [0.5, 0.6) is 5.75 Å². The molecule has 0 radical (unpaired) electrons. The molecule has 0 heterocycles. The highest BCUT2D eigenvalue weighted by Gasteiger charge is 2.20. The van der Waals surface area contributed by atoms with Gasteiger partial charge >= 0.3 is 5.97 Å². The quantitative estimate of drug-likeness (QED) is 0.264. The minimum atomic E-state index is -3.83. The molecule has 0 atom stereocenters. The largest absolute Gasteiger partial charge is 0.422 e. The fourth-order valence-corrected chi connectivity index (χ4v) is 5.14. The summed E-state index contributed by atoms with van der Waals surface area (Å²) in [5.74, 6) is -0.202. The number of esters is 1. The number of hydrogen-bond acceptors (Lipinski definition) is 4. The number of sulfonamides is 1. The van der Waals surface area contributed by atoms with Crippen molar-refractivity contribution in [3.05, 3.63) is 100 Å². The highest BCUT2D eigenvalue weighted by atomic mass is 35.5. The van der Waals surface area contributed by atoms with E-state index in [4.69, 9.17) is 16.3 Å². The summed E-state index contributed by atoms with van der Waals surface area (Å²) in [4.78, 5) is 12.8. The van der Waals surface area contributed by atoms with Crippen LogP contribution in [0.4, 0.5) is 5.69 Å². The van der Waals surface area contributed by atoms with Crippen molar-refractivity contribution in [3.8, 4) is 5.75 Å². The van der Waals surface area contributed by atoms with E-state index in [2.05, 4.69) is 4.72 Å². The molecule has 0 aliphatic heterocycles. The van der Waals surface area contributed by atoms with Gasteiger partial charge in [0.1, 0.15) is 5.75 Å². The number of benzene rings is 4. The molecule has 5 nitrogen and oxygen atoms in total. The third kappa shape index (κ3) is 4.72. The van der Waals surface area contributed by atoms with Gasteiger partial charge < -0.3 is 4.74 Å². The van der Waals surface area contributed by atoms with E-state index in [1.54, 1.807) is 73.7 Å². The smallest absolute Gasteiger partial charge is 0.343 e. The van der Waals surface area contributed by atoms with Gasteiger partial charge in [-0.3, -0.25) is 4.72 Å². The van der Waals surface area contributed by atoms with Gasteiger partial charge in [0.2, 0.25) is 0 Å². The van der Waals surface area contributed by atoms with E-state index in [0.717, 1.165) is 11.1 Å². The SMILES string of the molecule is Cc1cc(C)c(S(=O)(=O)Nc2ccc(OC(=O)c3ccc(Cl)cc3)c3ccccc23)cc1C. The van der Waals surface area contributed by atoms with Crippen molar-refractivity contribution in [1.82, 2.24) is 0 Å². The first-order valence-corrected chi connectivity index (χ1v) is 12.1. The molecule has 0 amide bonds. The molecule has 4 aromatic rings. The Morgan fingerprint density at radius 2 is 1.45 bits per heavy atom. The van der Waals surface area contributed by atoms with Gasteiger partial charge in [0.25, 0.3) is 10.0 Å². The molecule has 7 heteroatoms. The molecule has 0 aromatic heterocycles. The molecule has 0 saturated heterocycles. The predicted octanol–water partition coefficient (Wildman–Crippen LogP) is 6.44. The van der Waals surface area contributed by atoms with Crippen LogP contribution < -0.4 is 9.46 Å². The maximum atomic E-state index is 13.2. The van der Waals surface area contributed by atoms with E-state index in [1.165, 1.54) is 0 Å². The molecule has 0 spiro atoms. The number of carbonyl (C=O) groups is 1. The van der Waals surface area contributed by atoms with Gasteiger partial charge in [-0.1, -0.05) is 41.9 Å². The Balaban J connectivity index is 1.70. The van der Waals surface area contributed by atoms with E-state index in [0.29, 0.717) is 38.4 Å².